The van der Waals surface area contributed by atoms with Gasteiger partial charge >= 0.3 is 0 Å². The van der Waals surface area contributed by atoms with E-state index in [-0.39, 0.29) is 6.70 Å². The van der Waals surface area contributed by atoms with Crippen LogP contribution in [0.4, 0.5) is 0 Å². The lowest BCUT2D eigenvalue weighted by Gasteiger charge is -1.50. The van der Waals surface area contributed by atoms with Crippen molar-refractivity contribution in [2.75, 3.05) is 6.66 Å². The van der Waals surface area contributed by atoms with Crippen LogP contribution in [0.1, 0.15) is 0 Å². The molecule has 0 aliphatic heterocycles. The summed E-state index contributed by atoms with van der Waals surface area (Å²) in [5.41, 5.74) is 0. The monoisotopic (exact) mass is 105 g/mol. The molecule has 1 atom stereocenters. The molecule has 0 aliphatic carbocycles. The van der Waals surface area contributed by atoms with E-state index >= 15 is 0 Å². The molecule has 0 aromatic carbocycles. The molecule has 0 aliphatic rings. The highest BCUT2D eigenvalue weighted by atomic mass is 32.4. The molecule has 0 saturated heterocycles. The van der Waals surface area contributed by atoms with Crippen LogP contribution in [0.3, 0.4) is 0 Å². The lowest BCUT2D eigenvalue weighted by atomic mass is 11.3. The molecule has 0 amide bonds. The molecule has 0 N–H and O–H groups in total. The molecular weight excluding hydrogens is 99.1 g/mol. The van der Waals surface area contributed by atoms with Crippen molar-refractivity contribution in [1.29, 1.82) is 0 Å². The van der Waals surface area contributed by atoms with Crippen molar-refractivity contribution in [3.8, 4) is 0 Å². The summed E-state index contributed by atoms with van der Waals surface area (Å²) in [7, 11) is 0. The molecule has 0 bridgehead atoms. The second kappa shape index (κ2) is 2.49. The fraction of sp³-hybridized carbons (Fsp3) is 0.333. The van der Waals surface area contributed by atoms with Crippen molar-refractivity contribution < 1.29 is 0 Å². The zero-order chi connectivity index (χ0) is 4.28. The summed E-state index contributed by atoms with van der Waals surface area (Å²) in [4.78, 5) is 0. The quantitative estimate of drug-likeness (QED) is 0.457. The van der Waals surface area contributed by atoms with Gasteiger partial charge in [0.1, 0.15) is 12.5 Å². The van der Waals surface area contributed by atoms with Crippen LogP contribution >= 0.6 is 6.70 Å². The predicted octanol–water partition coefficient (Wildman–Crippen LogP) is 1.70. The maximum absolute atomic E-state index is 4.73. The molecule has 1 unspecified atom stereocenters. The van der Waals surface area contributed by atoms with E-state index in [1.54, 1.807) is 5.82 Å². The first-order valence-corrected chi connectivity index (χ1v) is 4.17. The van der Waals surface area contributed by atoms with Crippen molar-refractivity contribution in [3.05, 3.63) is 12.4 Å². The molecule has 0 heterocycles. The molecule has 0 spiro atoms. The molecule has 0 radical (unpaired) electrons. The average Bonchev–Trinajstić information content (AvgIpc) is 1.38. The maximum Gasteiger partial charge on any atom is 0.201 e. The van der Waals surface area contributed by atoms with Crippen LogP contribution in [0.2, 0.25) is 0 Å². The van der Waals surface area contributed by atoms with Gasteiger partial charge in [-0.2, -0.15) is 0 Å². The second-order valence-corrected chi connectivity index (χ2v) is 3.91. The van der Waals surface area contributed by atoms with Crippen LogP contribution in [-0.4, -0.2) is 6.66 Å². The van der Waals surface area contributed by atoms with E-state index in [4.69, 9.17) is 11.8 Å². The topological polar surface area (TPSA) is 0 Å². The highest BCUT2D eigenvalue weighted by Crippen LogP contribution is 2.12. The smallest absolute Gasteiger partial charge is 0.0554 e. The van der Waals surface area contributed by atoms with Crippen LogP contribution in [0.15, 0.2) is 12.4 Å². The third kappa shape index (κ3) is 4.26. The van der Waals surface area contributed by atoms with E-state index in [0.29, 0.717) is 0 Å². The highest BCUT2D eigenvalue weighted by molar-refractivity contribution is 8.06. The molecule has 28 valence electrons. The maximum atomic E-state index is 4.73. The molecular formula is C3H6PS+. The Morgan fingerprint density at radius 1 is 2.00 bits per heavy atom. The van der Waals surface area contributed by atoms with Gasteiger partial charge in [0.25, 0.3) is 0 Å². The predicted molar refractivity (Wildman–Crippen MR) is 30.4 cm³/mol. The summed E-state index contributed by atoms with van der Waals surface area (Å²) < 4.78 is 0. The van der Waals surface area contributed by atoms with Crippen molar-refractivity contribution in [3.63, 3.8) is 0 Å². The Morgan fingerprint density at radius 2 is 2.20 bits per heavy atom. The molecule has 0 nitrogen and oxygen atoms in total. The number of rotatable bonds is 1. The first-order chi connectivity index (χ1) is 2.27. The highest BCUT2D eigenvalue weighted by Gasteiger charge is 1.80. The first kappa shape index (κ1) is 5.26. The fourth-order valence-electron chi connectivity index (χ4n) is 0. The Morgan fingerprint density at radius 3 is 2.20 bits per heavy atom. The lowest BCUT2D eigenvalue weighted by molar-refractivity contribution is 2.41. The van der Waals surface area contributed by atoms with Crippen LogP contribution in [0.25, 0.3) is 0 Å². The zero-order valence-corrected chi connectivity index (χ0v) is 4.85. The van der Waals surface area contributed by atoms with Gasteiger partial charge in [-0.05, 0) is 0 Å². The molecule has 0 saturated carbocycles. The van der Waals surface area contributed by atoms with Gasteiger partial charge in [-0.25, -0.2) is 0 Å². The second-order valence-electron chi connectivity index (χ2n) is 0.729. The van der Waals surface area contributed by atoms with E-state index in [2.05, 4.69) is 6.58 Å². The fourth-order valence-corrected chi connectivity index (χ4v) is 0. The first-order valence-electron chi connectivity index (χ1n) is 1.30. The Balaban J connectivity index is 3.20. The Labute approximate surface area is 38.3 Å². The van der Waals surface area contributed by atoms with Gasteiger partial charge in [-0.15, -0.1) is 0 Å². The van der Waals surface area contributed by atoms with Gasteiger partial charge in [0.05, 0.1) is 0 Å². The van der Waals surface area contributed by atoms with Crippen LogP contribution in [-0.2, 0) is 11.8 Å². The van der Waals surface area contributed by atoms with Gasteiger partial charge < -0.3 is 0 Å². The Kier molecular flexibility index (Phi) is 2.62. The molecule has 0 rings (SSSR count). The van der Waals surface area contributed by atoms with Gasteiger partial charge in [-0.3, -0.25) is 0 Å². The van der Waals surface area contributed by atoms with Crippen molar-refractivity contribution in [1.82, 2.24) is 0 Å². The van der Waals surface area contributed by atoms with Crippen molar-refractivity contribution in [2.45, 2.75) is 0 Å². The van der Waals surface area contributed by atoms with Gasteiger partial charge in [-0.1, -0.05) is 6.58 Å². The van der Waals surface area contributed by atoms with E-state index in [9.17, 15) is 0 Å². The third-order valence-electron chi connectivity index (χ3n) is 0.257. The largest absolute Gasteiger partial charge is 0.201 e. The van der Waals surface area contributed by atoms with Gasteiger partial charge in [0, 0.05) is 0 Å². The number of hydrogen-bond donors (Lipinski definition) is 0. The number of hydrogen-bond acceptors (Lipinski definition) is 1. The van der Waals surface area contributed by atoms with E-state index in [0.717, 1.165) is 0 Å². The van der Waals surface area contributed by atoms with Crippen LogP contribution in [0.5, 0.6) is 0 Å². The summed E-state index contributed by atoms with van der Waals surface area (Å²) >= 11 is 4.73. The summed E-state index contributed by atoms with van der Waals surface area (Å²) in [5.74, 6) is 1.80. The minimum absolute atomic E-state index is 0.251. The molecule has 0 aromatic heterocycles. The lowest BCUT2D eigenvalue weighted by Crippen LogP contribution is -1.31. The Hall–Kier alpha value is 0.260. The summed E-state index contributed by atoms with van der Waals surface area (Å²) in [6.45, 7) is 5.22. The van der Waals surface area contributed by atoms with Crippen LogP contribution in [0, 0.1) is 0 Å². The molecule has 2 heteroatoms. The summed E-state index contributed by atoms with van der Waals surface area (Å²) in [5, 5.41) is 0. The summed E-state index contributed by atoms with van der Waals surface area (Å²) in [6, 6.07) is 0. The minimum Gasteiger partial charge on any atom is -0.0554 e. The zero-order valence-electron chi connectivity index (χ0n) is 3.14. The molecule has 5 heavy (non-hydrogen) atoms. The van der Waals surface area contributed by atoms with E-state index in [1.807, 2.05) is 6.66 Å². The normalized spacial score (nSPS) is 10.2. The van der Waals surface area contributed by atoms with Gasteiger partial charge in [0.2, 0.25) is 6.70 Å². The van der Waals surface area contributed by atoms with Crippen molar-refractivity contribution >= 4 is 18.5 Å². The van der Waals surface area contributed by atoms with Crippen molar-refractivity contribution in [2.24, 2.45) is 0 Å². The molecule has 0 aromatic rings. The molecule has 0 fully saturated rings. The summed E-state index contributed by atoms with van der Waals surface area (Å²) in [6.07, 6.45) is 0. The van der Waals surface area contributed by atoms with E-state index < -0.39 is 0 Å². The third-order valence-corrected chi connectivity index (χ3v) is 1.22. The average molecular weight is 105 g/mol. The van der Waals surface area contributed by atoms with E-state index in [1.165, 1.54) is 0 Å². The Bertz CT molecular complexity index is 57.9. The van der Waals surface area contributed by atoms with Gasteiger partial charge in [0.15, 0.2) is 11.8 Å². The minimum atomic E-state index is -0.251. The van der Waals surface area contributed by atoms with Crippen LogP contribution < -0.4 is 0 Å². The standard InChI is InChI=1S/C3H6PS/c1-3-4(2)5/h3H,1H2,2H3/q+1. The SMILES string of the molecule is C=C[P+](C)=S.